The molecule has 1 aromatic rings. The van der Waals surface area contributed by atoms with E-state index in [2.05, 4.69) is 20.7 Å². The number of halogens is 2. The number of rotatable bonds is 10. The summed E-state index contributed by atoms with van der Waals surface area (Å²) < 4.78 is 55.8. The first-order valence-electron chi connectivity index (χ1n) is 13.7. The van der Waals surface area contributed by atoms with Crippen molar-refractivity contribution in [3.63, 3.8) is 0 Å². The molecule has 0 spiro atoms. The number of hydrogen-bond acceptors (Lipinski definition) is 6. The van der Waals surface area contributed by atoms with E-state index in [9.17, 15) is 26.8 Å². The number of hydrazone groups is 1. The Morgan fingerprint density at radius 2 is 1.82 bits per heavy atom. The van der Waals surface area contributed by atoms with E-state index < -0.39 is 21.9 Å². The van der Waals surface area contributed by atoms with E-state index in [1.807, 2.05) is 13.0 Å². The highest BCUT2D eigenvalue weighted by molar-refractivity contribution is 7.92. The van der Waals surface area contributed by atoms with Gasteiger partial charge >= 0.3 is 0 Å². The second-order valence-corrected chi connectivity index (χ2v) is 13.1. The van der Waals surface area contributed by atoms with Crippen molar-refractivity contribution in [3.8, 4) is 0 Å². The molecular formula is C27H39F2N5O4S. The predicted octanol–water partition coefficient (Wildman–Crippen LogP) is 3.13. The summed E-state index contributed by atoms with van der Waals surface area (Å²) in [5.74, 6) is -4.08. The lowest BCUT2D eigenvalue weighted by Gasteiger charge is -2.39. The number of amides is 2. The van der Waals surface area contributed by atoms with Crippen molar-refractivity contribution in [2.45, 2.75) is 76.8 Å². The summed E-state index contributed by atoms with van der Waals surface area (Å²) in [6.07, 6.45) is 1.40. The average Bonchev–Trinajstić information content (AvgIpc) is 3.21. The molecule has 12 heteroatoms. The standard InChI is InChI=1S/C27H39F2N5O4S/c1-19(33-14-10-22(11-15-33)30-25(35)16-24-20(2)31-32-26(24)36)17-34(23-6-4-3-5-7-23)39(37,38)18-21-8-12-27(28,29)13-9-21/h3-7,19,21-22,24H,8-18H2,1-2H3,(H,30,35)(H,32,36)/t19-,24?/m1/s1. The summed E-state index contributed by atoms with van der Waals surface area (Å²) in [7, 11) is -3.73. The Balaban J connectivity index is 1.32. The van der Waals surface area contributed by atoms with E-state index in [0.29, 0.717) is 37.3 Å². The maximum atomic E-state index is 13.6. The van der Waals surface area contributed by atoms with Gasteiger partial charge in [-0.2, -0.15) is 5.10 Å². The topological polar surface area (TPSA) is 111 Å². The summed E-state index contributed by atoms with van der Waals surface area (Å²) >= 11 is 0. The quantitative estimate of drug-likeness (QED) is 0.451. The number of carbonyl (C=O) groups is 2. The van der Waals surface area contributed by atoms with Crippen molar-refractivity contribution in [2.24, 2.45) is 16.9 Å². The van der Waals surface area contributed by atoms with Gasteiger partial charge in [0, 0.05) is 56.7 Å². The van der Waals surface area contributed by atoms with E-state index in [-0.39, 0.29) is 74.2 Å². The van der Waals surface area contributed by atoms with Gasteiger partial charge in [0.05, 0.1) is 17.4 Å². The zero-order valence-corrected chi connectivity index (χ0v) is 23.4. The van der Waals surface area contributed by atoms with Gasteiger partial charge in [0.15, 0.2) is 0 Å². The number of carbonyl (C=O) groups excluding carboxylic acids is 2. The fraction of sp³-hybridized carbons (Fsp3) is 0.667. The van der Waals surface area contributed by atoms with Crippen molar-refractivity contribution >= 4 is 33.2 Å². The normalized spacial score (nSPS) is 23.6. The molecule has 3 aliphatic rings. The van der Waals surface area contributed by atoms with Gasteiger partial charge in [-0.25, -0.2) is 22.6 Å². The third-order valence-electron chi connectivity index (χ3n) is 8.16. The van der Waals surface area contributed by atoms with Crippen molar-refractivity contribution < 1.29 is 26.8 Å². The minimum absolute atomic E-state index is 0.0129. The fourth-order valence-corrected chi connectivity index (χ4v) is 7.66. The molecule has 2 heterocycles. The monoisotopic (exact) mass is 567 g/mol. The summed E-state index contributed by atoms with van der Waals surface area (Å²) in [5.41, 5.74) is 3.58. The number of piperidine rings is 1. The van der Waals surface area contributed by atoms with Gasteiger partial charge in [-0.3, -0.25) is 18.8 Å². The van der Waals surface area contributed by atoms with Crippen LogP contribution in [-0.4, -0.2) is 74.2 Å². The molecule has 2 atom stereocenters. The Hall–Kier alpha value is -2.60. The molecule has 39 heavy (non-hydrogen) atoms. The average molecular weight is 568 g/mol. The van der Waals surface area contributed by atoms with Gasteiger partial charge in [-0.1, -0.05) is 18.2 Å². The highest BCUT2D eigenvalue weighted by Crippen LogP contribution is 2.37. The molecule has 2 N–H and O–H groups in total. The maximum absolute atomic E-state index is 13.6. The van der Waals surface area contributed by atoms with Crippen LogP contribution in [0.1, 0.15) is 58.8 Å². The number of nitrogens with one attached hydrogen (secondary N) is 2. The number of benzene rings is 1. The first-order valence-corrected chi connectivity index (χ1v) is 15.4. The summed E-state index contributed by atoms with van der Waals surface area (Å²) in [4.78, 5) is 26.6. The van der Waals surface area contributed by atoms with Crippen LogP contribution in [0.2, 0.25) is 0 Å². The summed E-state index contributed by atoms with van der Waals surface area (Å²) in [6.45, 7) is 5.35. The third kappa shape index (κ3) is 7.75. The number of sulfonamides is 1. The lowest BCUT2D eigenvalue weighted by atomic mass is 9.88. The molecule has 0 aromatic heterocycles. The number of likely N-dealkylation sites (tertiary alicyclic amines) is 1. The highest BCUT2D eigenvalue weighted by Gasteiger charge is 2.38. The predicted molar refractivity (Wildman–Crippen MR) is 146 cm³/mol. The van der Waals surface area contributed by atoms with Gasteiger partial charge in [-0.15, -0.1) is 0 Å². The number of anilines is 1. The van der Waals surface area contributed by atoms with Crippen LogP contribution in [0.3, 0.4) is 0 Å². The van der Waals surface area contributed by atoms with Crippen LogP contribution in [0.15, 0.2) is 35.4 Å². The Morgan fingerprint density at radius 3 is 2.41 bits per heavy atom. The van der Waals surface area contributed by atoms with Crippen molar-refractivity contribution in [1.82, 2.24) is 15.6 Å². The number of nitrogens with zero attached hydrogens (tertiary/aromatic N) is 3. The summed E-state index contributed by atoms with van der Waals surface area (Å²) in [6, 6.07) is 8.83. The molecule has 2 amide bonds. The van der Waals surface area contributed by atoms with Crippen molar-refractivity contribution in [2.75, 3.05) is 29.7 Å². The van der Waals surface area contributed by atoms with Crippen LogP contribution in [0, 0.1) is 11.8 Å². The third-order valence-corrected chi connectivity index (χ3v) is 10.1. The van der Waals surface area contributed by atoms with Gasteiger partial charge < -0.3 is 5.32 Å². The number of hydrogen-bond donors (Lipinski definition) is 2. The number of alkyl halides is 2. The van der Waals surface area contributed by atoms with Gasteiger partial charge in [0.2, 0.25) is 27.8 Å². The molecule has 4 rings (SSSR count). The smallest absolute Gasteiger partial charge is 0.249 e. The molecule has 1 aliphatic carbocycles. The molecular weight excluding hydrogens is 528 g/mol. The van der Waals surface area contributed by atoms with Crippen LogP contribution < -0.4 is 15.0 Å². The van der Waals surface area contributed by atoms with E-state index in [1.165, 1.54) is 4.31 Å². The molecule has 9 nitrogen and oxygen atoms in total. The molecule has 2 aliphatic heterocycles. The molecule has 0 radical (unpaired) electrons. The van der Waals surface area contributed by atoms with Crippen LogP contribution in [-0.2, 0) is 19.6 Å². The molecule has 1 saturated heterocycles. The maximum Gasteiger partial charge on any atom is 0.249 e. The van der Waals surface area contributed by atoms with Crippen molar-refractivity contribution in [3.05, 3.63) is 30.3 Å². The summed E-state index contributed by atoms with van der Waals surface area (Å²) in [5, 5.41) is 6.91. The first kappa shape index (κ1) is 29.4. The van der Waals surface area contributed by atoms with Gasteiger partial charge in [-0.05, 0) is 57.6 Å². The fourth-order valence-electron chi connectivity index (χ4n) is 5.67. The van der Waals surface area contributed by atoms with Gasteiger partial charge in [0.1, 0.15) is 0 Å². The zero-order valence-electron chi connectivity index (χ0n) is 22.6. The first-order chi connectivity index (χ1) is 18.4. The Bertz CT molecular complexity index is 1150. The second-order valence-electron chi connectivity index (χ2n) is 11.2. The second kappa shape index (κ2) is 12.3. The van der Waals surface area contributed by atoms with E-state index in [4.69, 9.17) is 0 Å². The van der Waals surface area contributed by atoms with Crippen LogP contribution >= 0.6 is 0 Å². The largest absolute Gasteiger partial charge is 0.353 e. The van der Waals surface area contributed by atoms with E-state index >= 15 is 0 Å². The Kier molecular flexibility index (Phi) is 9.25. The van der Waals surface area contributed by atoms with E-state index in [1.54, 1.807) is 31.2 Å². The highest BCUT2D eigenvalue weighted by atomic mass is 32.2. The molecule has 0 bridgehead atoms. The van der Waals surface area contributed by atoms with Crippen molar-refractivity contribution in [1.29, 1.82) is 0 Å². The zero-order chi connectivity index (χ0) is 28.2. The Morgan fingerprint density at radius 1 is 1.18 bits per heavy atom. The van der Waals surface area contributed by atoms with Gasteiger partial charge in [0.25, 0.3) is 0 Å². The minimum atomic E-state index is -3.73. The SMILES string of the molecule is CC1=NNC(=O)C1CC(=O)NC1CCN([C@H](C)CN(c2ccccc2)S(=O)(=O)CC2CCC(F)(F)CC2)CC1. The number of para-hydroxylation sites is 1. The molecule has 1 unspecified atom stereocenters. The lowest BCUT2D eigenvalue weighted by molar-refractivity contribution is -0.128. The molecule has 2 fully saturated rings. The van der Waals surface area contributed by atoms with E-state index in [0.717, 1.165) is 0 Å². The lowest BCUT2D eigenvalue weighted by Crippen LogP contribution is -2.51. The molecule has 1 saturated carbocycles. The van der Waals surface area contributed by atoms with Crippen LogP contribution in [0.5, 0.6) is 0 Å². The molecule has 1 aromatic carbocycles. The molecule has 216 valence electrons. The van der Waals surface area contributed by atoms with Crippen LogP contribution in [0.25, 0.3) is 0 Å². The Labute approximate surface area is 229 Å². The van der Waals surface area contributed by atoms with Crippen LogP contribution in [0.4, 0.5) is 14.5 Å². The minimum Gasteiger partial charge on any atom is -0.353 e.